The van der Waals surface area contributed by atoms with Gasteiger partial charge in [0.05, 0.1) is 25.7 Å². The van der Waals surface area contributed by atoms with Crippen molar-refractivity contribution >= 4 is 49.2 Å². The molecule has 0 aliphatic rings. The summed E-state index contributed by atoms with van der Waals surface area (Å²) in [6.45, 7) is 0. The van der Waals surface area contributed by atoms with Crippen molar-refractivity contribution in [3.8, 4) is 11.5 Å². The van der Waals surface area contributed by atoms with E-state index in [1.165, 1.54) is 0 Å². The summed E-state index contributed by atoms with van der Waals surface area (Å²) in [5, 5.41) is 0. The third-order valence-electron chi connectivity index (χ3n) is 1.48. The van der Waals surface area contributed by atoms with E-state index in [-0.39, 0.29) is 38.8 Å². The van der Waals surface area contributed by atoms with Crippen LogP contribution in [0.15, 0.2) is 21.9 Å². The topological polar surface area (TPSA) is 18.5 Å². The van der Waals surface area contributed by atoms with Gasteiger partial charge in [-0.05, 0) is 12.1 Å². The largest absolute Gasteiger partial charge is 2.00 e. The first-order valence-electron chi connectivity index (χ1n) is 3.29. The molecule has 0 spiro atoms. The second-order valence-corrected chi connectivity index (χ2v) is 2.94. The van der Waals surface area contributed by atoms with E-state index in [9.17, 15) is 0 Å². The molecule has 0 bridgehead atoms. The van der Waals surface area contributed by atoms with Gasteiger partial charge >= 0.3 is 23.9 Å². The Bertz CT molecular complexity index is 264. The standard InChI is InChI=1S/C8H10O2S2.2CH4.Sn/c1-9-5-3-4-6(10-2)8(12)7(5)11;;;/h3-4,11-12H,1-2H3;2*1H4;/q;;;+2/p-2. The molecule has 0 aliphatic heterocycles. The van der Waals surface area contributed by atoms with E-state index in [2.05, 4.69) is 0 Å². The molecule has 0 heterocycles. The van der Waals surface area contributed by atoms with Crippen molar-refractivity contribution < 1.29 is 9.47 Å². The Morgan fingerprint density at radius 2 is 1.13 bits per heavy atom. The van der Waals surface area contributed by atoms with Crippen LogP contribution in [0, 0.1) is 0 Å². The Morgan fingerprint density at radius 1 is 0.867 bits per heavy atom. The van der Waals surface area contributed by atoms with Crippen LogP contribution in [0.3, 0.4) is 0 Å². The molecule has 1 aromatic rings. The van der Waals surface area contributed by atoms with Crippen LogP contribution >= 0.6 is 0 Å². The van der Waals surface area contributed by atoms with Crippen molar-refractivity contribution in [1.29, 1.82) is 0 Å². The molecule has 84 valence electrons. The number of methoxy groups -OCH3 is 2. The number of hydrogen-bond donors (Lipinski definition) is 0. The summed E-state index contributed by atoms with van der Waals surface area (Å²) in [5.74, 6) is 1.24. The Labute approximate surface area is 121 Å². The second-order valence-electron chi connectivity index (χ2n) is 2.13. The molecule has 0 unspecified atom stereocenters. The molecular formula is C10H16O2S2Sn. The van der Waals surface area contributed by atoms with Gasteiger partial charge < -0.3 is 34.7 Å². The molecule has 0 N–H and O–H groups in total. The Kier molecular flexibility index (Phi) is 12.7. The molecule has 0 saturated carbocycles. The van der Waals surface area contributed by atoms with Gasteiger partial charge in [-0.3, -0.25) is 0 Å². The van der Waals surface area contributed by atoms with Crippen molar-refractivity contribution in [3.05, 3.63) is 12.1 Å². The van der Waals surface area contributed by atoms with Crippen LogP contribution in [-0.4, -0.2) is 38.1 Å². The SMILES string of the molecule is C.C.COc1ccc(OC)c([S-])c1[S-].[Sn+2]. The molecule has 0 amide bonds. The fourth-order valence-electron chi connectivity index (χ4n) is 0.848. The maximum Gasteiger partial charge on any atom is 2.00 e. The van der Waals surface area contributed by atoms with Gasteiger partial charge in [-0.15, -0.1) is 9.79 Å². The molecule has 1 aromatic carbocycles. The fraction of sp³-hybridized carbons (Fsp3) is 0.400. The van der Waals surface area contributed by atoms with Gasteiger partial charge in [-0.2, -0.15) is 0 Å². The first kappa shape index (κ1) is 20.5. The van der Waals surface area contributed by atoms with Gasteiger partial charge in [0.25, 0.3) is 0 Å². The summed E-state index contributed by atoms with van der Waals surface area (Å²) in [4.78, 5) is 1.07. The van der Waals surface area contributed by atoms with Crippen molar-refractivity contribution in [2.75, 3.05) is 14.2 Å². The predicted molar refractivity (Wildman–Crippen MR) is 70.0 cm³/mol. The van der Waals surface area contributed by atoms with Crippen LogP contribution in [0.2, 0.25) is 0 Å². The average Bonchev–Trinajstić information content (AvgIpc) is 2.10. The molecule has 0 atom stereocenters. The molecule has 2 radical (unpaired) electrons. The van der Waals surface area contributed by atoms with Crippen LogP contribution in [0.25, 0.3) is 0 Å². The van der Waals surface area contributed by atoms with E-state index in [4.69, 9.17) is 34.7 Å². The first-order chi connectivity index (χ1) is 5.70. The summed E-state index contributed by atoms with van der Waals surface area (Å²) in [6.07, 6.45) is 0. The van der Waals surface area contributed by atoms with Gasteiger partial charge in [0.15, 0.2) is 0 Å². The molecule has 5 heteroatoms. The minimum absolute atomic E-state index is 0. The Morgan fingerprint density at radius 3 is 1.33 bits per heavy atom. The van der Waals surface area contributed by atoms with Gasteiger partial charge in [-0.1, -0.05) is 14.9 Å². The number of benzene rings is 1. The minimum atomic E-state index is 0. The molecule has 0 saturated heterocycles. The quantitative estimate of drug-likeness (QED) is 0.602. The first-order valence-corrected chi connectivity index (χ1v) is 4.11. The smallest absolute Gasteiger partial charge is 0.777 e. The third kappa shape index (κ3) is 4.61. The van der Waals surface area contributed by atoms with Crippen LogP contribution in [0.4, 0.5) is 0 Å². The van der Waals surface area contributed by atoms with E-state index < -0.39 is 0 Å². The summed E-state index contributed by atoms with van der Waals surface area (Å²) in [5.41, 5.74) is 0. The van der Waals surface area contributed by atoms with Crippen molar-refractivity contribution in [3.63, 3.8) is 0 Å². The predicted octanol–water partition coefficient (Wildman–Crippen LogP) is 2.41. The van der Waals surface area contributed by atoms with E-state index in [0.29, 0.717) is 21.3 Å². The van der Waals surface area contributed by atoms with Crippen LogP contribution in [0.1, 0.15) is 14.9 Å². The monoisotopic (exact) mass is 352 g/mol. The van der Waals surface area contributed by atoms with Gasteiger partial charge in [0, 0.05) is 0 Å². The molecule has 0 fully saturated rings. The molecule has 2 nitrogen and oxygen atoms in total. The number of rotatable bonds is 2. The van der Waals surface area contributed by atoms with Crippen LogP contribution in [-0.2, 0) is 25.3 Å². The maximum atomic E-state index is 5.04. The fourth-order valence-corrected chi connectivity index (χ4v) is 1.35. The van der Waals surface area contributed by atoms with Crippen molar-refractivity contribution in [2.24, 2.45) is 0 Å². The van der Waals surface area contributed by atoms with Gasteiger partial charge in [-0.25, -0.2) is 0 Å². The third-order valence-corrected chi connectivity index (χ3v) is 2.42. The zero-order valence-corrected chi connectivity index (χ0v) is 11.8. The number of hydrogen-bond acceptors (Lipinski definition) is 4. The second kappa shape index (κ2) is 9.30. The molecule has 1 rings (SSSR count). The zero-order valence-electron chi connectivity index (χ0n) is 7.29. The van der Waals surface area contributed by atoms with E-state index in [1.807, 2.05) is 0 Å². The minimum Gasteiger partial charge on any atom is -0.777 e. The molecule has 0 aromatic heterocycles. The van der Waals surface area contributed by atoms with Crippen molar-refractivity contribution in [2.45, 2.75) is 24.6 Å². The number of ether oxygens (including phenoxy) is 2. The molecule has 15 heavy (non-hydrogen) atoms. The Balaban J connectivity index is -0.000000480. The molecule has 0 aliphatic carbocycles. The zero-order chi connectivity index (χ0) is 9.14. The van der Waals surface area contributed by atoms with Gasteiger partial charge in [0.2, 0.25) is 0 Å². The normalized spacial score (nSPS) is 7.60. The van der Waals surface area contributed by atoms with Crippen LogP contribution < -0.4 is 9.47 Å². The van der Waals surface area contributed by atoms with E-state index >= 15 is 0 Å². The van der Waals surface area contributed by atoms with Crippen molar-refractivity contribution in [1.82, 2.24) is 0 Å². The molecular weight excluding hydrogens is 335 g/mol. The summed E-state index contributed by atoms with van der Waals surface area (Å²) in [7, 11) is 3.12. The van der Waals surface area contributed by atoms with Crippen LogP contribution in [0.5, 0.6) is 11.5 Å². The van der Waals surface area contributed by atoms with E-state index in [0.717, 1.165) is 0 Å². The average molecular weight is 351 g/mol. The summed E-state index contributed by atoms with van der Waals surface area (Å²) < 4.78 is 10.00. The van der Waals surface area contributed by atoms with Gasteiger partial charge in [0.1, 0.15) is 0 Å². The van der Waals surface area contributed by atoms with E-state index in [1.54, 1.807) is 26.4 Å². The maximum absolute atomic E-state index is 5.04. The summed E-state index contributed by atoms with van der Waals surface area (Å²) in [6, 6.07) is 3.49. The Hall–Kier alpha value is 0.0587. The summed E-state index contributed by atoms with van der Waals surface area (Å²) >= 11 is 10.1.